The highest BCUT2D eigenvalue weighted by atomic mass is 32.1. The molecule has 12 aromatic rings. The van der Waals surface area contributed by atoms with E-state index in [4.69, 9.17) is 4.42 Å². The number of furan rings is 1. The average Bonchev–Trinajstić information content (AvgIpc) is 3.89. The lowest BCUT2D eigenvalue weighted by Crippen LogP contribution is -2.61. The van der Waals surface area contributed by atoms with Crippen molar-refractivity contribution in [3.05, 3.63) is 235 Å². The number of hydrogen-bond donors (Lipinski definition) is 0. The minimum absolute atomic E-state index is 0.0176. The molecule has 15 rings (SSSR count). The third kappa shape index (κ3) is 6.90. The molecule has 0 bridgehead atoms. The zero-order chi connectivity index (χ0) is 53.0. The average molecular weight is 1020 g/mol. The van der Waals surface area contributed by atoms with Gasteiger partial charge in [-0.3, -0.25) is 0 Å². The molecule has 10 aromatic carbocycles. The lowest BCUT2D eigenvalue weighted by atomic mass is 9.43. The van der Waals surface area contributed by atoms with E-state index < -0.39 is 0 Å². The van der Waals surface area contributed by atoms with Crippen LogP contribution in [0.2, 0.25) is 0 Å². The van der Waals surface area contributed by atoms with Crippen LogP contribution in [0.15, 0.2) is 217 Å². The van der Waals surface area contributed by atoms with Crippen LogP contribution < -0.4 is 20.6 Å². The van der Waals surface area contributed by atoms with E-state index in [-0.39, 0.29) is 23.1 Å². The summed E-state index contributed by atoms with van der Waals surface area (Å²) in [6.07, 6.45) is 0. The third-order valence-electron chi connectivity index (χ3n) is 17.4. The van der Waals surface area contributed by atoms with Crippen LogP contribution in [-0.4, -0.2) is 6.85 Å². The SMILES string of the molecule is CC(C)(C)c1ccc(N2B3c4cc5sc(-c6ccccc6)c(-c6ccccc6)c5cc4N(c4ccc(C(C)(C)C)cc4-c4ccccc4)c4c3c(cc3c4oc4ccccc43)-c3cc4c(cc32)C(C)(C)c2ccccc2-4)cc1. The monoisotopic (exact) mass is 1020 g/mol. The summed E-state index contributed by atoms with van der Waals surface area (Å²) in [5.74, 6) is 0. The number of rotatable bonds is 5. The molecular weight excluding hydrogens is 964 g/mol. The smallest absolute Gasteiger partial charge is 0.333 e. The summed E-state index contributed by atoms with van der Waals surface area (Å²) in [4.78, 5) is 6.59. The molecule has 3 nitrogen and oxygen atoms in total. The fourth-order valence-corrected chi connectivity index (χ4v) is 14.6. The molecule has 0 saturated heterocycles. The Kier molecular flexibility index (Phi) is 10.1. The number of hydrogen-bond acceptors (Lipinski definition) is 4. The molecule has 0 unspecified atom stereocenters. The summed E-state index contributed by atoms with van der Waals surface area (Å²) >= 11 is 1.91. The Morgan fingerprint density at radius 3 is 1.82 bits per heavy atom. The molecule has 5 heteroatoms. The Balaban J connectivity index is 1.14. The predicted molar refractivity (Wildman–Crippen MR) is 334 cm³/mol. The molecule has 2 aromatic heterocycles. The van der Waals surface area contributed by atoms with Gasteiger partial charge in [0.15, 0.2) is 5.58 Å². The van der Waals surface area contributed by atoms with Gasteiger partial charge in [-0.2, -0.15) is 0 Å². The molecule has 2 aliphatic heterocycles. The number of thiophene rings is 1. The lowest BCUT2D eigenvalue weighted by molar-refractivity contribution is 0.590. The van der Waals surface area contributed by atoms with Gasteiger partial charge in [0.05, 0.1) is 11.4 Å². The van der Waals surface area contributed by atoms with Crippen molar-refractivity contribution in [1.29, 1.82) is 0 Å². The summed E-state index contributed by atoms with van der Waals surface area (Å²) < 4.78 is 8.68. The van der Waals surface area contributed by atoms with E-state index >= 15 is 0 Å². The van der Waals surface area contributed by atoms with Gasteiger partial charge in [-0.15, -0.1) is 11.3 Å². The Morgan fingerprint density at radius 2 is 1.10 bits per heavy atom. The largest absolute Gasteiger partial charge is 0.454 e. The summed E-state index contributed by atoms with van der Waals surface area (Å²) in [6, 6.07) is 80.2. The van der Waals surface area contributed by atoms with E-state index in [1.54, 1.807) is 0 Å². The zero-order valence-electron chi connectivity index (χ0n) is 45.5. The maximum atomic E-state index is 7.43. The van der Waals surface area contributed by atoms with Gasteiger partial charge < -0.3 is 14.1 Å². The molecule has 0 N–H and O–H groups in total. The normalized spacial score (nSPS) is 14.2. The Morgan fingerprint density at radius 1 is 0.462 bits per heavy atom. The van der Waals surface area contributed by atoms with E-state index in [0.29, 0.717) is 0 Å². The van der Waals surface area contributed by atoms with E-state index in [9.17, 15) is 0 Å². The van der Waals surface area contributed by atoms with Crippen LogP contribution in [0.5, 0.6) is 0 Å². The fourth-order valence-electron chi connectivity index (χ4n) is 13.4. The molecule has 78 heavy (non-hydrogen) atoms. The number of anilines is 5. The van der Waals surface area contributed by atoms with Crippen molar-refractivity contribution in [2.45, 2.75) is 71.6 Å². The van der Waals surface area contributed by atoms with Gasteiger partial charge >= 0.3 is 6.85 Å². The summed E-state index contributed by atoms with van der Waals surface area (Å²) in [6.45, 7) is 18.5. The molecule has 4 heterocycles. The molecule has 3 aliphatic rings. The molecule has 0 atom stereocenters. The topological polar surface area (TPSA) is 19.6 Å². The van der Waals surface area contributed by atoms with E-state index in [0.717, 1.165) is 44.7 Å². The van der Waals surface area contributed by atoms with Gasteiger partial charge in [0, 0.05) is 64.9 Å². The molecule has 0 amide bonds. The Hall–Kier alpha value is -8.38. The van der Waals surface area contributed by atoms with Crippen molar-refractivity contribution in [2.24, 2.45) is 0 Å². The van der Waals surface area contributed by atoms with E-state index in [1.807, 2.05) is 11.3 Å². The van der Waals surface area contributed by atoms with Crippen molar-refractivity contribution in [3.63, 3.8) is 0 Å². The maximum absolute atomic E-state index is 7.43. The van der Waals surface area contributed by atoms with Crippen LogP contribution in [-0.2, 0) is 16.2 Å². The second-order valence-corrected chi connectivity index (χ2v) is 25.5. The second-order valence-electron chi connectivity index (χ2n) is 24.4. The maximum Gasteiger partial charge on any atom is 0.333 e. The fraction of sp³-hybridized carbons (Fsp3) is 0.151. The minimum atomic E-state index is -0.252. The van der Waals surface area contributed by atoms with Crippen molar-refractivity contribution >= 4 is 89.6 Å². The lowest BCUT2D eigenvalue weighted by Gasteiger charge is -2.46. The highest BCUT2D eigenvalue weighted by molar-refractivity contribution is 7.23. The van der Waals surface area contributed by atoms with Gasteiger partial charge in [0.1, 0.15) is 5.58 Å². The number of fused-ring (bicyclic) bond motifs is 12. The molecule has 0 saturated carbocycles. The van der Waals surface area contributed by atoms with Crippen LogP contribution in [0.25, 0.3) is 87.0 Å². The van der Waals surface area contributed by atoms with E-state index in [2.05, 4.69) is 277 Å². The van der Waals surface area contributed by atoms with Crippen LogP contribution in [0.3, 0.4) is 0 Å². The van der Waals surface area contributed by atoms with Crippen LogP contribution in [0.4, 0.5) is 28.4 Å². The predicted octanol–water partition coefficient (Wildman–Crippen LogP) is 19.4. The first-order valence-electron chi connectivity index (χ1n) is 27.6. The summed E-state index contributed by atoms with van der Waals surface area (Å²) in [5, 5.41) is 3.46. The van der Waals surface area contributed by atoms with Crippen LogP contribution >= 0.6 is 11.3 Å². The Bertz CT molecular complexity index is 4420. The number of nitrogens with zero attached hydrogens (tertiary/aromatic N) is 2. The van der Waals surface area contributed by atoms with Gasteiger partial charge in [0.2, 0.25) is 0 Å². The highest BCUT2D eigenvalue weighted by Gasteiger charge is 2.49. The van der Waals surface area contributed by atoms with Gasteiger partial charge in [-0.1, -0.05) is 207 Å². The number of benzene rings is 10. The van der Waals surface area contributed by atoms with Gasteiger partial charge in [0.25, 0.3) is 0 Å². The van der Waals surface area contributed by atoms with Crippen molar-refractivity contribution in [3.8, 4) is 54.9 Å². The molecule has 1 aliphatic carbocycles. The molecule has 0 spiro atoms. The minimum Gasteiger partial charge on any atom is -0.454 e. The van der Waals surface area contributed by atoms with Crippen molar-refractivity contribution < 1.29 is 4.42 Å². The third-order valence-corrected chi connectivity index (χ3v) is 18.6. The van der Waals surface area contributed by atoms with Gasteiger partial charge in [-0.05, 0) is 138 Å². The molecular formula is C73H59BN2OS. The summed E-state index contributed by atoms with van der Waals surface area (Å²) in [5.41, 5.74) is 26.1. The quantitative estimate of drug-likeness (QED) is 0.160. The first kappa shape index (κ1) is 46.9. The molecule has 0 fully saturated rings. The zero-order valence-corrected chi connectivity index (χ0v) is 46.3. The van der Waals surface area contributed by atoms with Gasteiger partial charge in [-0.25, -0.2) is 0 Å². The second kappa shape index (κ2) is 16.8. The first-order chi connectivity index (χ1) is 37.7. The highest BCUT2D eigenvalue weighted by Crippen LogP contribution is 2.58. The number of para-hydroxylation sites is 1. The summed E-state index contributed by atoms with van der Waals surface area (Å²) in [7, 11) is 0. The van der Waals surface area contributed by atoms with Crippen molar-refractivity contribution in [1.82, 2.24) is 0 Å². The van der Waals surface area contributed by atoms with E-state index in [1.165, 1.54) is 104 Å². The van der Waals surface area contributed by atoms with Crippen LogP contribution in [0, 0.1) is 0 Å². The molecule has 376 valence electrons. The standard InChI is InChI=1S/C73H59BN2OS/c1-71(2,3)47-32-35-49(36-33-47)76-62-42-59-53(50-28-18-20-30-58(50)73(59,7)8)39-54(62)55-40-56-51-29-19-21-31-64(51)77-69(56)68-67(55)74(76)60-43-65-57(66(45-24-14-10-15-25-45)70(78-65)46-26-16-11-17-27-46)41-63(60)75(68)61-37-34-48(72(4,5)6)38-52(61)44-22-12-9-13-23-44/h9-43H,1-8H3. The molecule has 0 radical (unpaired) electrons. The van der Waals surface area contributed by atoms with Crippen LogP contribution in [0.1, 0.15) is 77.6 Å². The Labute approximate surface area is 462 Å². The van der Waals surface area contributed by atoms with Crippen molar-refractivity contribution in [2.75, 3.05) is 9.71 Å². The first-order valence-corrected chi connectivity index (χ1v) is 28.4.